The van der Waals surface area contributed by atoms with Crippen LogP contribution in [0.2, 0.25) is 0 Å². The first-order valence-corrected chi connectivity index (χ1v) is 19.8. The van der Waals surface area contributed by atoms with Gasteiger partial charge in [0.05, 0.1) is 0 Å². The number of hydrogen-bond donors (Lipinski definition) is 0. The van der Waals surface area contributed by atoms with Gasteiger partial charge in [0, 0.05) is 22.5 Å². The maximum atomic E-state index is 2.53. The van der Waals surface area contributed by atoms with Crippen LogP contribution in [0.1, 0.15) is 113 Å². The van der Waals surface area contributed by atoms with E-state index in [4.69, 9.17) is 0 Å². The third-order valence-corrected chi connectivity index (χ3v) is 14.0. The minimum atomic E-state index is -0.0929. The number of hydrogen-bond acceptors (Lipinski definition) is 1. The summed E-state index contributed by atoms with van der Waals surface area (Å²) in [5.74, 6) is 3.60. The molecule has 5 aromatic rings. The Morgan fingerprint density at radius 1 is 0.520 bits per heavy atom. The summed E-state index contributed by atoms with van der Waals surface area (Å²) >= 11 is 0. The van der Waals surface area contributed by atoms with E-state index in [9.17, 15) is 0 Å². The van der Waals surface area contributed by atoms with Gasteiger partial charge in [-0.25, -0.2) is 0 Å². The van der Waals surface area contributed by atoms with Crippen LogP contribution < -0.4 is 4.90 Å². The van der Waals surface area contributed by atoms with Crippen molar-refractivity contribution in [3.8, 4) is 22.3 Å². The van der Waals surface area contributed by atoms with Gasteiger partial charge in [-0.15, -0.1) is 0 Å². The lowest BCUT2D eigenvalue weighted by Gasteiger charge is -2.57. The molecule has 4 bridgehead atoms. The number of anilines is 3. The van der Waals surface area contributed by atoms with Crippen LogP contribution in [0, 0.1) is 17.8 Å². The van der Waals surface area contributed by atoms with E-state index >= 15 is 0 Å². The Morgan fingerprint density at radius 2 is 1.08 bits per heavy atom. The summed E-state index contributed by atoms with van der Waals surface area (Å²) in [6.45, 7) is 4.83. The van der Waals surface area contributed by atoms with Crippen molar-refractivity contribution in [2.45, 2.75) is 101 Å². The van der Waals surface area contributed by atoms with Gasteiger partial charge >= 0.3 is 0 Å². The van der Waals surface area contributed by atoms with Crippen LogP contribution in [-0.4, -0.2) is 0 Å². The summed E-state index contributed by atoms with van der Waals surface area (Å²) in [4.78, 5) is 2.53. The highest BCUT2D eigenvalue weighted by Gasteiger charge is 2.51. The van der Waals surface area contributed by atoms with Gasteiger partial charge in [0.2, 0.25) is 0 Å². The molecule has 0 atom stereocenters. The first kappa shape index (κ1) is 30.7. The Kier molecular flexibility index (Phi) is 7.20. The standard InChI is InChI=1S/C49H51N/c1-48(2)46-28-39(37-11-7-4-8-12-37)15-23-44(46)45-24-22-43(29-47(45)48)50(41-18-13-38(14-19-41)36-9-5-3-6-10-36)42-20-16-40(17-21-42)49-30-33-25-34(31-49)27-35(26-33)32-49/h4,7-8,11-24,28-29,33-36H,3,5-6,9-10,25-27,30-32H2,1-2H3. The van der Waals surface area contributed by atoms with E-state index in [0.29, 0.717) is 11.3 Å². The molecule has 50 heavy (non-hydrogen) atoms. The number of fused-ring (bicyclic) bond motifs is 3. The average Bonchev–Trinajstić information content (AvgIpc) is 3.37. The number of benzene rings is 5. The highest BCUT2D eigenvalue weighted by molar-refractivity contribution is 5.87. The molecule has 252 valence electrons. The van der Waals surface area contributed by atoms with Crippen molar-refractivity contribution in [3.63, 3.8) is 0 Å². The molecule has 11 rings (SSSR count). The number of rotatable bonds is 6. The predicted octanol–water partition coefficient (Wildman–Crippen LogP) is 13.6. The quantitative estimate of drug-likeness (QED) is 0.176. The summed E-state index contributed by atoms with van der Waals surface area (Å²) in [6, 6.07) is 44.8. The van der Waals surface area contributed by atoms with Crippen molar-refractivity contribution in [2.75, 3.05) is 4.90 Å². The molecule has 0 N–H and O–H groups in total. The zero-order chi connectivity index (χ0) is 33.5. The Labute approximate surface area is 299 Å². The normalized spacial score (nSPS) is 26.1. The van der Waals surface area contributed by atoms with E-state index in [2.05, 4.69) is 134 Å². The van der Waals surface area contributed by atoms with Gasteiger partial charge in [0.25, 0.3) is 0 Å². The first-order chi connectivity index (χ1) is 24.4. The van der Waals surface area contributed by atoms with Crippen LogP contribution >= 0.6 is 0 Å². The van der Waals surface area contributed by atoms with Gasteiger partial charge in [0.1, 0.15) is 0 Å². The second-order valence-corrected chi connectivity index (χ2v) is 17.5. The van der Waals surface area contributed by atoms with Gasteiger partial charge in [-0.2, -0.15) is 0 Å². The fourth-order valence-corrected chi connectivity index (χ4v) is 11.9. The average molecular weight is 654 g/mol. The lowest BCUT2D eigenvalue weighted by atomic mass is 9.48. The van der Waals surface area contributed by atoms with E-state index in [1.165, 1.54) is 127 Å². The predicted molar refractivity (Wildman–Crippen MR) is 210 cm³/mol. The first-order valence-electron chi connectivity index (χ1n) is 19.8. The highest BCUT2D eigenvalue weighted by atomic mass is 15.1. The molecule has 5 saturated carbocycles. The van der Waals surface area contributed by atoms with Crippen LogP contribution in [0.3, 0.4) is 0 Å². The lowest BCUT2D eigenvalue weighted by Crippen LogP contribution is -2.48. The molecule has 5 fully saturated rings. The molecule has 0 heterocycles. The summed E-state index contributed by atoms with van der Waals surface area (Å²) in [5.41, 5.74) is 15.4. The molecule has 1 nitrogen and oxygen atoms in total. The molecule has 5 aromatic carbocycles. The fourth-order valence-electron chi connectivity index (χ4n) is 11.9. The van der Waals surface area contributed by atoms with Crippen molar-refractivity contribution in [1.29, 1.82) is 0 Å². The van der Waals surface area contributed by atoms with Gasteiger partial charge < -0.3 is 4.90 Å². The maximum absolute atomic E-state index is 2.53. The van der Waals surface area contributed by atoms with Crippen LogP contribution in [0.15, 0.2) is 115 Å². The third-order valence-electron chi connectivity index (χ3n) is 14.0. The maximum Gasteiger partial charge on any atom is 0.0465 e. The molecule has 0 amide bonds. The van der Waals surface area contributed by atoms with Crippen molar-refractivity contribution in [1.82, 2.24) is 0 Å². The molecule has 6 aliphatic carbocycles. The molecule has 0 saturated heterocycles. The minimum absolute atomic E-state index is 0.0929. The van der Waals surface area contributed by atoms with Crippen LogP contribution in [-0.2, 0) is 10.8 Å². The van der Waals surface area contributed by atoms with Crippen molar-refractivity contribution >= 4 is 17.1 Å². The third kappa shape index (κ3) is 5.02. The smallest absolute Gasteiger partial charge is 0.0465 e. The lowest BCUT2D eigenvalue weighted by molar-refractivity contribution is -0.00518. The van der Waals surface area contributed by atoms with E-state index in [1.807, 2.05) is 0 Å². The Morgan fingerprint density at radius 3 is 1.72 bits per heavy atom. The van der Waals surface area contributed by atoms with E-state index in [-0.39, 0.29) is 5.41 Å². The summed E-state index contributed by atoms with van der Waals surface area (Å²) in [7, 11) is 0. The zero-order valence-electron chi connectivity index (χ0n) is 30.0. The number of nitrogens with zero attached hydrogens (tertiary/aromatic N) is 1. The van der Waals surface area contributed by atoms with Gasteiger partial charge in [0.15, 0.2) is 0 Å². The van der Waals surface area contributed by atoms with Crippen LogP contribution in [0.25, 0.3) is 22.3 Å². The highest BCUT2D eigenvalue weighted by Crippen LogP contribution is 2.61. The molecule has 0 unspecified atom stereocenters. The van der Waals surface area contributed by atoms with E-state index in [0.717, 1.165) is 17.8 Å². The summed E-state index contributed by atoms with van der Waals surface area (Å²) < 4.78 is 0. The largest absolute Gasteiger partial charge is 0.310 e. The molecule has 0 aliphatic heterocycles. The topological polar surface area (TPSA) is 3.24 Å². The molecular formula is C49H51N. The monoisotopic (exact) mass is 653 g/mol. The molecule has 0 aromatic heterocycles. The molecular weight excluding hydrogens is 603 g/mol. The van der Waals surface area contributed by atoms with Crippen molar-refractivity contribution in [2.24, 2.45) is 17.8 Å². The molecule has 6 aliphatic rings. The van der Waals surface area contributed by atoms with Crippen LogP contribution in [0.4, 0.5) is 17.1 Å². The molecule has 1 heteroatoms. The second kappa shape index (κ2) is 11.7. The summed E-state index contributed by atoms with van der Waals surface area (Å²) in [6.07, 6.45) is 15.5. The fraction of sp³-hybridized carbons (Fsp3) is 0.388. The van der Waals surface area contributed by atoms with Crippen LogP contribution in [0.5, 0.6) is 0 Å². The molecule has 0 spiro atoms. The van der Waals surface area contributed by atoms with Gasteiger partial charge in [-0.05, 0) is 167 Å². The van der Waals surface area contributed by atoms with E-state index in [1.54, 1.807) is 5.56 Å². The van der Waals surface area contributed by atoms with Gasteiger partial charge in [-0.1, -0.05) is 106 Å². The van der Waals surface area contributed by atoms with Crippen molar-refractivity contribution < 1.29 is 0 Å². The summed E-state index contributed by atoms with van der Waals surface area (Å²) in [5, 5.41) is 0. The van der Waals surface area contributed by atoms with Gasteiger partial charge in [-0.3, -0.25) is 0 Å². The minimum Gasteiger partial charge on any atom is -0.310 e. The SMILES string of the molecule is CC1(C)c2cc(-c3ccccc3)ccc2-c2ccc(N(c3ccc(C4CCCCC4)cc3)c3ccc(C45CC6CC(CC(C6)C4)C5)cc3)cc21. The zero-order valence-corrected chi connectivity index (χ0v) is 30.0. The molecule has 0 radical (unpaired) electrons. The van der Waals surface area contributed by atoms with E-state index < -0.39 is 0 Å². The Balaban J connectivity index is 1.04. The van der Waals surface area contributed by atoms with Crippen molar-refractivity contribution in [3.05, 3.63) is 138 Å². The second-order valence-electron chi connectivity index (χ2n) is 17.5. The Hall–Kier alpha value is -4.10. The Bertz CT molecular complexity index is 1990.